The van der Waals surface area contributed by atoms with Gasteiger partial charge in [0.25, 0.3) is 0 Å². The Labute approximate surface area is 138 Å². The molecular formula is C17H15N3O2S. The van der Waals surface area contributed by atoms with E-state index in [4.69, 9.17) is 5.26 Å². The van der Waals surface area contributed by atoms with Crippen LogP contribution in [0.2, 0.25) is 0 Å². The van der Waals surface area contributed by atoms with Gasteiger partial charge < -0.3 is 10.6 Å². The van der Waals surface area contributed by atoms with E-state index in [2.05, 4.69) is 10.6 Å². The Morgan fingerprint density at radius 1 is 1.09 bits per heavy atom. The number of thioether (sulfide) groups is 1. The van der Waals surface area contributed by atoms with Crippen LogP contribution in [0.5, 0.6) is 0 Å². The number of benzene rings is 2. The van der Waals surface area contributed by atoms with Gasteiger partial charge in [0.2, 0.25) is 11.8 Å². The molecule has 116 valence electrons. The number of anilines is 2. The Balaban J connectivity index is 1.94. The summed E-state index contributed by atoms with van der Waals surface area (Å²) in [5.74, 6) is -0.0891. The summed E-state index contributed by atoms with van der Waals surface area (Å²) in [7, 11) is 0. The molecule has 2 rings (SSSR count). The Morgan fingerprint density at radius 2 is 1.78 bits per heavy atom. The number of nitriles is 1. The zero-order valence-electron chi connectivity index (χ0n) is 12.5. The summed E-state index contributed by atoms with van der Waals surface area (Å²) in [6, 6.07) is 16.0. The molecule has 0 aliphatic heterocycles. The van der Waals surface area contributed by atoms with E-state index >= 15 is 0 Å². The molecule has 5 nitrogen and oxygen atoms in total. The summed E-state index contributed by atoms with van der Waals surface area (Å²) in [5.41, 5.74) is 1.88. The molecule has 2 N–H and O–H groups in total. The van der Waals surface area contributed by atoms with Crippen molar-refractivity contribution in [3.05, 3.63) is 54.1 Å². The van der Waals surface area contributed by atoms with Crippen LogP contribution < -0.4 is 10.6 Å². The van der Waals surface area contributed by atoms with Crippen LogP contribution in [0.4, 0.5) is 11.4 Å². The third-order valence-corrected chi connectivity index (χ3v) is 3.93. The summed E-state index contributed by atoms with van der Waals surface area (Å²) in [5, 5.41) is 14.2. The van der Waals surface area contributed by atoms with Gasteiger partial charge in [0.1, 0.15) is 0 Å². The van der Waals surface area contributed by atoms with Crippen LogP contribution in [0.15, 0.2) is 53.4 Å². The van der Waals surface area contributed by atoms with Gasteiger partial charge in [0, 0.05) is 17.5 Å². The highest BCUT2D eigenvalue weighted by atomic mass is 32.2. The predicted molar refractivity (Wildman–Crippen MR) is 91.3 cm³/mol. The maximum atomic E-state index is 12.0. The van der Waals surface area contributed by atoms with E-state index in [9.17, 15) is 9.59 Å². The molecule has 0 aromatic heterocycles. The second-order valence-corrected chi connectivity index (χ2v) is 5.72. The molecule has 0 atom stereocenters. The maximum Gasteiger partial charge on any atom is 0.234 e. The average molecular weight is 325 g/mol. The topological polar surface area (TPSA) is 82.0 Å². The van der Waals surface area contributed by atoms with Crippen molar-refractivity contribution < 1.29 is 9.59 Å². The lowest BCUT2D eigenvalue weighted by atomic mass is 10.2. The summed E-state index contributed by atoms with van der Waals surface area (Å²) >= 11 is 1.34. The number of hydrogen-bond donors (Lipinski definition) is 2. The molecule has 6 heteroatoms. The molecule has 0 aliphatic carbocycles. The molecule has 2 amide bonds. The van der Waals surface area contributed by atoms with Gasteiger partial charge in [-0.3, -0.25) is 9.59 Å². The minimum atomic E-state index is -0.155. The van der Waals surface area contributed by atoms with Crippen molar-refractivity contribution >= 4 is 35.0 Å². The summed E-state index contributed by atoms with van der Waals surface area (Å²) < 4.78 is 0. The quantitative estimate of drug-likeness (QED) is 0.827. The first-order valence-corrected chi connectivity index (χ1v) is 7.86. The zero-order chi connectivity index (χ0) is 16.7. The van der Waals surface area contributed by atoms with Gasteiger partial charge in [0.05, 0.1) is 23.1 Å². The first-order valence-electron chi connectivity index (χ1n) is 6.88. The largest absolute Gasteiger partial charge is 0.325 e. The molecule has 23 heavy (non-hydrogen) atoms. The second-order valence-electron chi connectivity index (χ2n) is 4.70. The molecule has 0 unspecified atom stereocenters. The molecule has 0 heterocycles. The fourth-order valence-corrected chi connectivity index (χ4v) is 2.66. The average Bonchev–Trinajstić information content (AvgIpc) is 2.54. The van der Waals surface area contributed by atoms with Crippen LogP contribution in [0.3, 0.4) is 0 Å². The minimum Gasteiger partial charge on any atom is -0.325 e. The lowest BCUT2D eigenvalue weighted by Gasteiger charge is -2.09. The number of para-hydroxylation sites is 1. The fraction of sp³-hybridized carbons (Fsp3) is 0.118. The molecule has 2 aromatic carbocycles. The van der Waals surface area contributed by atoms with E-state index in [0.717, 1.165) is 4.90 Å². The molecule has 0 radical (unpaired) electrons. The van der Waals surface area contributed by atoms with Crippen molar-refractivity contribution in [2.45, 2.75) is 11.8 Å². The molecule has 0 bridgehead atoms. The first kappa shape index (κ1) is 16.6. The highest BCUT2D eigenvalue weighted by molar-refractivity contribution is 8.00. The minimum absolute atomic E-state index is 0.153. The zero-order valence-corrected chi connectivity index (χ0v) is 13.3. The monoisotopic (exact) mass is 325 g/mol. The van der Waals surface area contributed by atoms with Gasteiger partial charge in [-0.1, -0.05) is 12.1 Å². The molecular weight excluding hydrogens is 310 g/mol. The van der Waals surface area contributed by atoms with E-state index < -0.39 is 0 Å². The summed E-state index contributed by atoms with van der Waals surface area (Å²) in [4.78, 5) is 24.0. The number of carbonyl (C=O) groups excluding carboxylic acids is 2. The Kier molecular flexibility index (Phi) is 5.78. The maximum absolute atomic E-state index is 12.0. The molecule has 0 spiro atoms. The second kappa shape index (κ2) is 8.01. The third kappa shape index (κ3) is 5.16. The number of amides is 2. The van der Waals surface area contributed by atoms with Crippen LogP contribution in [0.25, 0.3) is 0 Å². The standard InChI is InChI=1S/C17H15N3O2S/c1-12(21)19-15-4-2-3-5-16(15)23-11-17(22)20-14-8-6-13(10-18)7-9-14/h2-9H,11H2,1H3,(H,19,21)(H,20,22). The van der Waals surface area contributed by atoms with E-state index in [-0.39, 0.29) is 17.6 Å². The van der Waals surface area contributed by atoms with Gasteiger partial charge in [-0.05, 0) is 36.4 Å². The number of carbonyl (C=O) groups is 2. The van der Waals surface area contributed by atoms with Gasteiger partial charge >= 0.3 is 0 Å². The van der Waals surface area contributed by atoms with Gasteiger partial charge in [0.15, 0.2) is 0 Å². The van der Waals surface area contributed by atoms with Crippen molar-refractivity contribution in [3.8, 4) is 6.07 Å². The summed E-state index contributed by atoms with van der Waals surface area (Å²) in [6.07, 6.45) is 0. The van der Waals surface area contributed by atoms with E-state index in [1.807, 2.05) is 24.3 Å². The molecule has 0 saturated carbocycles. The van der Waals surface area contributed by atoms with E-state index in [0.29, 0.717) is 16.9 Å². The number of nitrogens with zero attached hydrogens (tertiary/aromatic N) is 1. The van der Waals surface area contributed by atoms with Crippen molar-refractivity contribution in [2.75, 3.05) is 16.4 Å². The number of rotatable bonds is 5. The molecule has 2 aromatic rings. The first-order chi connectivity index (χ1) is 11.1. The van der Waals surface area contributed by atoms with E-state index in [1.54, 1.807) is 30.3 Å². The van der Waals surface area contributed by atoms with Crippen molar-refractivity contribution in [3.63, 3.8) is 0 Å². The fourth-order valence-electron chi connectivity index (χ4n) is 1.85. The smallest absolute Gasteiger partial charge is 0.234 e. The Morgan fingerprint density at radius 3 is 2.43 bits per heavy atom. The van der Waals surface area contributed by atoms with Crippen LogP contribution >= 0.6 is 11.8 Å². The van der Waals surface area contributed by atoms with Gasteiger partial charge in [-0.25, -0.2) is 0 Å². The van der Waals surface area contributed by atoms with Crippen LogP contribution in [0.1, 0.15) is 12.5 Å². The number of hydrogen-bond acceptors (Lipinski definition) is 4. The Bertz CT molecular complexity index is 751. The normalized spacial score (nSPS) is 9.74. The van der Waals surface area contributed by atoms with Crippen LogP contribution in [-0.2, 0) is 9.59 Å². The lowest BCUT2D eigenvalue weighted by Crippen LogP contribution is -2.14. The predicted octanol–water partition coefficient (Wildman–Crippen LogP) is 3.25. The van der Waals surface area contributed by atoms with Crippen molar-refractivity contribution in [1.82, 2.24) is 0 Å². The van der Waals surface area contributed by atoms with Gasteiger partial charge in [-0.2, -0.15) is 5.26 Å². The van der Waals surface area contributed by atoms with Crippen LogP contribution in [-0.4, -0.2) is 17.6 Å². The van der Waals surface area contributed by atoms with E-state index in [1.165, 1.54) is 18.7 Å². The van der Waals surface area contributed by atoms with Gasteiger partial charge in [-0.15, -0.1) is 11.8 Å². The molecule has 0 saturated heterocycles. The molecule has 0 fully saturated rings. The highest BCUT2D eigenvalue weighted by Gasteiger charge is 2.08. The van der Waals surface area contributed by atoms with Crippen LogP contribution in [0, 0.1) is 11.3 Å². The lowest BCUT2D eigenvalue weighted by molar-refractivity contribution is -0.114. The van der Waals surface area contributed by atoms with Crippen molar-refractivity contribution in [2.24, 2.45) is 0 Å². The highest BCUT2D eigenvalue weighted by Crippen LogP contribution is 2.27. The molecule has 0 aliphatic rings. The Hall–Kier alpha value is -2.78. The van der Waals surface area contributed by atoms with Crippen molar-refractivity contribution in [1.29, 1.82) is 5.26 Å². The number of nitrogens with one attached hydrogen (secondary N) is 2. The summed E-state index contributed by atoms with van der Waals surface area (Å²) in [6.45, 7) is 1.44. The third-order valence-electron chi connectivity index (χ3n) is 2.85. The SMILES string of the molecule is CC(=O)Nc1ccccc1SCC(=O)Nc1ccc(C#N)cc1.